The van der Waals surface area contributed by atoms with Crippen molar-refractivity contribution < 1.29 is 14.3 Å². The van der Waals surface area contributed by atoms with Gasteiger partial charge in [0.2, 0.25) is 0 Å². The van der Waals surface area contributed by atoms with Crippen LogP contribution >= 0.6 is 0 Å². The van der Waals surface area contributed by atoms with E-state index in [9.17, 15) is 14.9 Å². The highest BCUT2D eigenvalue weighted by molar-refractivity contribution is 6.19. The van der Waals surface area contributed by atoms with Crippen LogP contribution in [0.25, 0.3) is 23.0 Å². The third-order valence-corrected chi connectivity index (χ3v) is 5.54. The number of benzene rings is 2. The van der Waals surface area contributed by atoms with Crippen LogP contribution in [0.5, 0.6) is 5.75 Å². The zero-order valence-electron chi connectivity index (χ0n) is 18.9. The molecule has 168 valence electrons. The Hall–Kier alpha value is -4.70. The minimum absolute atomic E-state index is 0.0134. The zero-order valence-corrected chi connectivity index (χ0v) is 18.9. The van der Waals surface area contributed by atoms with Gasteiger partial charge in [-0.05, 0) is 42.8 Å². The minimum Gasteiger partial charge on any atom is -0.497 e. The lowest BCUT2D eigenvalue weighted by molar-refractivity contribution is -0.139. The summed E-state index contributed by atoms with van der Waals surface area (Å²) in [6.07, 6.45) is 4.95. The van der Waals surface area contributed by atoms with E-state index in [0.717, 1.165) is 16.2 Å². The number of para-hydroxylation sites is 1. The summed E-state index contributed by atoms with van der Waals surface area (Å²) in [5, 5.41) is 14.4. The summed E-state index contributed by atoms with van der Waals surface area (Å²) >= 11 is 0. The number of carbonyl (C=O) groups excluding carboxylic acids is 2. The molecule has 7 nitrogen and oxygen atoms in total. The van der Waals surface area contributed by atoms with Crippen LogP contribution in [0.4, 0.5) is 0 Å². The fraction of sp³-hybridized carbons (Fsp3) is 0.111. The number of methoxy groups -OCH3 is 1. The Balaban J connectivity index is 1.94. The van der Waals surface area contributed by atoms with Crippen molar-refractivity contribution in [3.63, 3.8) is 0 Å². The van der Waals surface area contributed by atoms with Crippen molar-refractivity contribution in [1.82, 2.24) is 14.7 Å². The topological polar surface area (TPSA) is 88.2 Å². The first-order valence-corrected chi connectivity index (χ1v) is 10.6. The summed E-state index contributed by atoms with van der Waals surface area (Å²) < 4.78 is 7.10. The number of rotatable bonds is 6. The summed E-state index contributed by atoms with van der Waals surface area (Å²) in [5.41, 5.74) is 3.46. The zero-order chi connectivity index (χ0) is 24.2. The molecule has 0 aliphatic carbocycles. The van der Waals surface area contributed by atoms with Crippen molar-refractivity contribution in [2.75, 3.05) is 13.7 Å². The normalized spacial score (nSPS) is 15.0. The van der Waals surface area contributed by atoms with Gasteiger partial charge in [-0.1, -0.05) is 36.4 Å². The second-order valence-corrected chi connectivity index (χ2v) is 7.62. The lowest BCUT2D eigenvalue weighted by Gasteiger charge is -2.26. The van der Waals surface area contributed by atoms with E-state index >= 15 is 0 Å². The molecule has 0 unspecified atom stereocenters. The van der Waals surface area contributed by atoms with Crippen LogP contribution in [0.3, 0.4) is 0 Å². The Labute approximate surface area is 197 Å². The van der Waals surface area contributed by atoms with Gasteiger partial charge in [0.1, 0.15) is 23.1 Å². The second kappa shape index (κ2) is 9.43. The first-order valence-electron chi connectivity index (χ1n) is 10.6. The predicted molar refractivity (Wildman–Crippen MR) is 129 cm³/mol. The fourth-order valence-corrected chi connectivity index (χ4v) is 3.78. The molecule has 0 N–H and O–H groups in total. The smallest absolute Gasteiger partial charge is 0.271 e. The van der Waals surface area contributed by atoms with Crippen molar-refractivity contribution >= 4 is 17.9 Å². The molecule has 1 aliphatic heterocycles. The number of nitriles is 1. The molecule has 0 saturated heterocycles. The number of hydrogen-bond acceptors (Lipinski definition) is 5. The van der Waals surface area contributed by atoms with Crippen molar-refractivity contribution in [3.05, 3.63) is 95.7 Å². The summed E-state index contributed by atoms with van der Waals surface area (Å²) in [6, 6.07) is 19.0. The third-order valence-electron chi connectivity index (χ3n) is 5.54. The summed E-state index contributed by atoms with van der Waals surface area (Å²) in [6.45, 7) is 5.24. The van der Waals surface area contributed by atoms with Gasteiger partial charge < -0.3 is 4.74 Å². The molecule has 0 saturated carbocycles. The molecule has 0 spiro atoms. The summed E-state index contributed by atoms with van der Waals surface area (Å²) in [7, 11) is 1.59. The van der Waals surface area contributed by atoms with E-state index in [4.69, 9.17) is 9.84 Å². The van der Waals surface area contributed by atoms with Crippen molar-refractivity contribution in [2.45, 2.75) is 6.92 Å². The molecular formula is C27H22N4O3. The number of amides is 2. The lowest BCUT2D eigenvalue weighted by Crippen LogP contribution is -2.42. The van der Waals surface area contributed by atoms with Crippen LogP contribution in [0.1, 0.15) is 12.5 Å². The Kier molecular flexibility index (Phi) is 6.24. The van der Waals surface area contributed by atoms with Crippen LogP contribution in [0.2, 0.25) is 0 Å². The number of aromatic nitrogens is 2. The molecule has 0 atom stereocenters. The number of carbonyl (C=O) groups is 2. The van der Waals surface area contributed by atoms with Crippen LogP contribution in [-0.4, -0.2) is 40.1 Å². The van der Waals surface area contributed by atoms with Crippen LogP contribution in [0, 0.1) is 11.3 Å². The molecule has 7 heteroatoms. The molecule has 1 aromatic heterocycles. The van der Waals surface area contributed by atoms with E-state index in [1.807, 2.05) is 66.9 Å². The van der Waals surface area contributed by atoms with E-state index in [1.54, 1.807) is 24.8 Å². The number of hydrogen-bond donors (Lipinski definition) is 0. The Morgan fingerprint density at radius 1 is 1.12 bits per heavy atom. The largest absolute Gasteiger partial charge is 0.497 e. The van der Waals surface area contributed by atoms with Gasteiger partial charge in [-0.3, -0.25) is 14.5 Å². The van der Waals surface area contributed by atoms with Gasteiger partial charge in [-0.15, -0.1) is 6.58 Å². The highest BCUT2D eigenvalue weighted by Crippen LogP contribution is 2.32. The van der Waals surface area contributed by atoms with Crippen molar-refractivity contribution in [3.8, 4) is 28.8 Å². The highest BCUT2D eigenvalue weighted by atomic mass is 16.5. The van der Waals surface area contributed by atoms with E-state index in [2.05, 4.69) is 6.58 Å². The summed E-state index contributed by atoms with van der Waals surface area (Å²) in [4.78, 5) is 26.9. The second-order valence-electron chi connectivity index (χ2n) is 7.62. The van der Waals surface area contributed by atoms with Gasteiger partial charge >= 0.3 is 0 Å². The molecule has 2 heterocycles. The molecule has 0 radical (unpaired) electrons. The molecule has 4 rings (SSSR count). The van der Waals surface area contributed by atoms with Crippen LogP contribution < -0.4 is 4.74 Å². The highest BCUT2D eigenvalue weighted by Gasteiger charge is 2.35. The maximum absolute atomic E-state index is 13.2. The minimum atomic E-state index is -0.616. The van der Waals surface area contributed by atoms with E-state index in [1.165, 1.54) is 6.08 Å². The maximum atomic E-state index is 13.2. The molecule has 1 aliphatic rings. The first-order chi connectivity index (χ1) is 16.5. The summed E-state index contributed by atoms with van der Waals surface area (Å²) in [5.74, 6) is -0.426. The molecule has 2 aromatic carbocycles. The maximum Gasteiger partial charge on any atom is 0.271 e. The third kappa shape index (κ3) is 4.05. The van der Waals surface area contributed by atoms with Crippen molar-refractivity contribution in [1.29, 1.82) is 5.26 Å². The van der Waals surface area contributed by atoms with E-state index in [-0.39, 0.29) is 17.7 Å². The van der Waals surface area contributed by atoms with Crippen LogP contribution in [-0.2, 0) is 9.59 Å². The molecular weight excluding hydrogens is 428 g/mol. The van der Waals surface area contributed by atoms with Crippen molar-refractivity contribution in [2.24, 2.45) is 0 Å². The first kappa shape index (κ1) is 22.5. The quantitative estimate of drug-likeness (QED) is 0.317. The van der Waals surface area contributed by atoms with Gasteiger partial charge in [0, 0.05) is 29.4 Å². The fourth-order valence-electron chi connectivity index (χ4n) is 3.78. The van der Waals surface area contributed by atoms with Gasteiger partial charge in [-0.25, -0.2) is 4.68 Å². The molecule has 34 heavy (non-hydrogen) atoms. The van der Waals surface area contributed by atoms with E-state index < -0.39 is 11.8 Å². The molecule has 3 aromatic rings. The number of imide groups is 1. The SMILES string of the molecule is C=CCN1C(=O)C(C#N)=C(C)/C(=C\c2cn(-c3ccccc3)nc2-c2cccc(OC)c2)C1=O. The molecule has 2 amide bonds. The average Bonchev–Trinajstić information content (AvgIpc) is 3.29. The van der Waals surface area contributed by atoms with Gasteiger partial charge in [-0.2, -0.15) is 10.4 Å². The van der Waals surface area contributed by atoms with Gasteiger partial charge in [0.15, 0.2) is 0 Å². The molecule has 0 bridgehead atoms. The Morgan fingerprint density at radius 2 is 1.88 bits per heavy atom. The molecule has 0 fully saturated rings. The average molecular weight is 450 g/mol. The lowest BCUT2D eigenvalue weighted by atomic mass is 9.93. The monoisotopic (exact) mass is 450 g/mol. The Morgan fingerprint density at radius 3 is 2.56 bits per heavy atom. The predicted octanol–water partition coefficient (Wildman–Crippen LogP) is 4.33. The van der Waals surface area contributed by atoms with Gasteiger partial charge in [0.05, 0.1) is 12.8 Å². The van der Waals surface area contributed by atoms with Crippen LogP contribution in [0.15, 0.2) is 90.2 Å². The number of ether oxygens (including phenoxy) is 1. The van der Waals surface area contributed by atoms with E-state index in [0.29, 0.717) is 22.6 Å². The standard InChI is InChI=1S/C27H22N4O3/c1-4-13-30-26(32)23(18(2)24(16-28)27(30)33)15-20-17-31(21-10-6-5-7-11-21)29-25(20)19-9-8-12-22(14-19)34-3/h4-12,14-15,17H,1,13H2,2-3H3/b23-15+. The number of nitrogens with zero attached hydrogens (tertiary/aromatic N) is 4. The Bertz CT molecular complexity index is 1390. The van der Waals surface area contributed by atoms with Gasteiger partial charge in [0.25, 0.3) is 11.8 Å².